The molecule has 0 saturated heterocycles. The van der Waals surface area contributed by atoms with Crippen molar-refractivity contribution in [2.45, 2.75) is 6.92 Å². The molecule has 0 atom stereocenters. The number of benzene rings is 1. The summed E-state index contributed by atoms with van der Waals surface area (Å²) in [5, 5.41) is 1.81. The van der Waals surface area contributed by atoms with Crippen LogP contribution in [-0.2, 0) is 0 Å². The lowest BCUT2D eigenvalue weighted by atomic mass is 10.1. The number of nitrogens with zero attached hydrogens (tertiary/aromatic N) is 1. The average molecular weight is 316 g/mol. The molecule has 2 N–H and O–H groups in total. The number of hydrogen-bond acceptors (Lipinski definition) is 4. The Morgan fingerprint density at radius 3 is 2.73 bits per heavy atom. The van der Waals surface area contributed by atoms with Gasteiger partial charge in [-0.3, -0.25) is 4.98 Å². The molecule has 0 aliphatic carbocycles. The summed E-state index contributed by atoms with van der Waals surface area (Å²) in [6.45, 7) is 5.70. The van der Waals surface area contributed by atoms with Gasteiger partial charge in [0.05, 0.1) is 12.8 Å². The predicted molar refractivity (Wildman–Crippen MR) is 90.8 cm³/mol. The molecule has 2 rings (SSSR count). The summed E-state index contributed by atoms with van der Waals surface area (Å²) in [5.41, 5.74) is 8.27. The fraction of sp³-hybridized carbons (Fsp3) is 0.118. The van der Waals surface area contributed by atoms with E-state index in [1.165, 1.54) is 18.9 Å². The molecule has 0 bridgehead atoms. The summed E-state index contributed by atoms with van der Waals surface area (Å²) >= 11 is 1.46. The number of pyridine rings is 1. The van der Waals surface area contributed by atoms with E-state index in [9.17, 15) is 4.39 Å². The van der Waals surface area contributed by atoms with Gasteiger partial charge in [0, 0.05) is 23.0 Å². The molecule has 0 amide bonds. The molecule has 0 radical (unpaired) electrons. The lowest BCUT2D eigenvalue weighted by Crippen LogP contribution is -1.97. The van der Waals surface area contributed by atoms with Crippen LogP contribution in [0.3, 0.4) is 0 Å². The zero-order chi connectivity index (χ0) is 16.1. The number of ether oxygens (including phenoxy) is 1. The molecule has 1 aromatic carbocycles. The first-order chi connectivity index (χ1) is 10.5. The first kappa shape index (κ1) is 16.1. The van der Waals surface area contributed by atoms with Crippen molar-refractivity contribution in [3.05, 3.63) is 64.8 Å². The molecule has 5 heteroatoms. The lowest BCUT2D eigenvalue weighted by Gasteiger charge is -2.08. The van der Waals surface area contributed by atoms with Crippen LogP contribution >= 0.6 is 11.8 Å². The SMILES string of the molecule is C=C(C)S/C=C(\N)c1ccc(-c2cccc(OC)c2F)nc1. The van der Waals surface area contributed by atoms with Gasteiger partial charge >= 0.3 is 0 Å². The van der Waals surface area contributed by atoms with E-state index in [0.29, 0.717) is 17.0 Å². The van der Waals surface area contributed by atoms with Crippen LogP contribution in [0.25, 0.3) is 17.0 Å². The fourth-order valence-electron chi connectivity index (χ4n) is 1.82. The van der Waals surface area contributed by atoms with Gasteiger partial charge in [-0.25, -0.2) is 4.39 Å². The number of rotatable bonds is 5. The maximum absolute atomic E-state index is 14.2. The van der Waals surface area contributed by atoms with Gasteiger partial charge in [-0.15, -0.1) is 11.8 Å². The molecular weight excluding hydrogens is 299 g/mol. The summed E-state index contributed by atoms with van der Waals surface area (Å²) in [5.74, 6) is -0.229. The minimum absolute atomic E-state index is 0.195. The molecule has 0 spiro atoms. The highest BCUT2D eigenvalue weighted by molar-refractivity contribution is 8.05. The molecule has 3 nitrogen and oxygen atoms in total. The summed E-state index contributed by atoms with van der Waals surface area (Å²) in [6.07, 6.45) is 1.62. The van der Waals surface area contributed by atoms with Crippen LogP contribution in [0.15, 0.2) is 53.4 Å². The van der Waals surface area contributed by atoms with Crippen LogP contribution in [0.4, 0.5) is 4.39 Å². The predicted octanol–water partition coefficient (Wildman–Crippen LogP) is 4.42. The van der Waals surface area contributed by atoms with E-state index in [-0.39, 0.29) is 5.75 Å². The van der Waals surface area contributed by atoms with Crippen molar-refractivity contribution in [2.75, 3.05) is 7.11 Å². The molecule has 1 aromatic heterocycles. The Labute approximate surface area is 133 Å². The third kappa shape index (κ3) is 3.68. The van der Waals surface area contributed by atoms with Crippen LogP contribution in [-0.4, -0.2) is 12.1 Å². The van der Waals surface area contributed by atoms with Crippen molar-refractivity contribution in [3.8, 4) is 17.0 Å². The van der Waals surface area contributed by atoms with Gasteiger partial charge in [-0.2, -0.15) is 0 Å². The third-order valence-electron chi connectivity index (χ3n) is 2.94. The smallest absolute Gasteiger partial charge is 0.174 e. The van der Waals surface area contributed by atoms with Gasteiger partial charge in [0.2, 0.25) is 0 Å². The van der Waals surface area contributed by atoms with E-state index < -0.39 is 5.82 Å². The highest BCUT2D eigenvalue weighted by Gasteiger charge is 2.11. The monoisotopic (exact) mass is 316 g/mol. The summed E-state index contributed by atoms with van der Waals surface area (Å²) < 4.78 is 19.2. The van der Waals surface area contributed by atoms with Crippen molar-refractivity contribution in [1.82, 2.24) is 4.98 Å². The quantitative estimate of drug-likeness (QED) is 0.887. The molecule has 0 saturated carbocycles. The van der Waals surface area contributed by atoms with Crippen LogP contribution in [0, 0.1) is 5.82 Å². The zero-order valence-corrected chi connectivity index (χ0v) is 13.3. The Bertz CT molecular complexity index is 711. The van der Waals surface area contributed by atoms with Crippen molar-refractivity contribution in [2.24, 2.45) is 5.73 Å². The number of methoxy groups -OCH3 is 1. The van der Waals surface area contributed by atoms with Crippen LogP contribution in [0.1, 0.15) is 12.5 Å². The number of halogens is 1. The standard InChI is InChI=1S/C17H17FN2OS/c1-11(2)22-10-14(19)12-7-8-15(20-9-12)13-5-4-6-16(21-3)17(13)18/h4-10H,1,19H2,2-3H3/b14-10-. The van der Waals surface area contributed by atoms with Gasteiger partial charge < -0.3 is 10.5 Å². The highest BCUT2D eigenvalue weighted by atomic mass is 32.2. The van der Waals surface area contributed by atoms with Crippen molar-refractivity contribution < 1.29 is 9.13 Å². The molecule has 114 valence electrons. The number of allylic oxidation sites excluding steroid dienone is 1. The van der Waals surface area contributed by atoms with E-state index >= 15 is 0 Å². The van der Waals surface area contributed by atoms with Crippen molar-refractivity contribution in [1.29, 1.82) is 0 Å². The van der Waals surface area contributed by atoms with Gasteiger partial charge in [-0.1, -0.05) is 12.6 Å². The van der Waals surface area contributed by atoms with Gasteiger partial charge in [-0.05, 0) is 41.5 Å². The van der Waals surface area contributed by atoms with Crippen LogP contribution < -0.4 is 10.5 Å². The van der Waals surface area contributed by atoms with Crippen molar-refractivity contribution in [3.63, 3.8) is 0 Å². The highest BCUT2D eigenvalue weighted by Crippen LogP contribution is 2.28. The van der Waals surface area contributed by atoms with Crippen molar-refractivity contribution >= 4 is 17.5 Å². The number of hydrogen-bond donors (Lipinski definition) is 1. The van der Waals surface area contributed by atoms with E-state index in [4.69, 9.17) is 10.5 Å². The Morgan fingerprint density at radius 2 is 2.14 bits per heavy atom. The Morgan fingerprint density at radius 1 is 1.36 bits per heavy atom. The van der Waals surface area contributed by atoms with E-state index in [0.717, 1.165) is 10.5 Å². The van der Waals surface area contributed by atoms with Crippen LogP contribution in [0.5, 0.6) is 5.75 Å². The second-order valence-corrected chi connectivity index (χ2v) is 5.82. The molecule has 22 heavy (non-hydrogen) atoms. The first-order valence-electron chi connectivity index (χ1n) is 6.60. The minimum atomic E-state index is -0.424. The second kappa shape index (κ2) is 7.13. The van der Waals surface area contributed by atoms with E-state index in [2.05, 4.69) is 11.6 Å². The zero-order valence-electron chi connectivity index (χ0n) is 12.5. The Hall–Kier alpha value is -2.27. The van der Waals surface area contributed by atoms with Gasteiger partial charge in [0.25, 0.3) is 0 Å². The number of nitrogens with two attached hydrogens (primary N) is 1. The molecule has 0 aliphatic heterocycles. The lowest BCUT2D eigenvalue weighted by molar-refractivity contribution is 0.387. The molecule has 2 aromatic rings. The van der Waals surface area contributed by atoms with E-state index in [1.54, 1.807) is 30.5 Å². The normalized spacial score (nSPS) is 11.3. The Kier molecular flexibility index (Phi) is 5.22. The maximum Gasteiger partial charge on any atom is 0.174 e. The molecule has 1 heterocycles. The maximum atomic E-state index is 14.2. The fourth-order valence-corrected chi connectivity index (χ4v) is 2.29. The van der Waals surface area contributed by atoms with Crippen LogP contribution in [0.2, 0.25) is 0 Å². The largest absolute Gasteiger partial charge is 0.494 e. The van der Waals surface area contributed by atoms with Gasteiger partial charge in [0.1, 0.15) is 0 Å². The first-order valence-corrected chi connectivity index (χ1v) is 7.48. The molecule has 0 aliphatic rings. The van der Waals surface area contributed by atoms with Gasteiger partial charge in [0.15, 0.2) is 11.6 Å². The number of aromatic nitrogens is 1. The summed E-state index contributed by atoms with van der Waals surface area (Å²) in [6, 6.07) is 8.51. The molecular formula is C17H17FN2OS. The minimum Gasteiger partial charge on any atom is -0.494 e. The summed E-state index contributed by atoms with van der Waals surface area (Å²) in [7, 11) is 1.43. The number of thioether (sulfide) groups is 1. The topological polar surface area (TPSA) is 48.1 Å². The molecule has 0 unspecified atom stereocenters. The second-order valence-electron chi connectivity index (χ2n) is 4.65. The third-order valence-corrected chi connectivity index (χ3v) is 3.72. The van der Waals surface area contributed by atoms with E-state index in [1.807, 2.05) is 18.4 Å². The average Bonchev–Trinajstić information content (AvgIpc) is 2.53. The summed E-state index contributed by atoms with van der Waals surface area (Å²) in [4.78, 5) is 5.24. The molecule has 0 fully saturated rings. The Balaban J connectivity index is 2.30.